The lowest BCUT2D eigenvalue weighted by Crippen LogP contribution is -2.40. The number of carbonyl (C=O) groups is 2. The quantitative estimate of drug-likeness (QED) is 0.479. The molecule has 35 heavy (non-hydrogen) atoms. The second-order valence-corrected chi connectivity index (χ2v) is 9.84. The highest BCUT2D eigenvalue weighted by molar-refractivity contribution is 5.98. The number of fused-ring (bicyclic) bond motifs is 1. The van der Waals surface area contributed by atoms with Crippen LogP contribution in [0.3, 0.4) is 0 Å². The molecule has 4 rings (SSSR count). The molecule has 1 aliphatic heterocycles. The number of aryl methyl sites for hydroxylation is 2. The number of hydrogen-bond donors (Lipinski definition) is 1. The van der Waals surface area contributed by atoms with Gasteiger partial charge in [0.05, 0.1) is 34.9 Å². The highest BCUT2D eigenvalue weighted by Crippen LogP contribution is 2.34. The van der Waals surface area contributed by atoms with Crippen LogP contribution in [-0.2, 0) is 28.4 Å². The number of aromatic nitrogens is 2. The van der Waals surface area contributed by atoms with Crippen LogP contribution in [0.25, 0.3) is 11.0 Å². The Bertz CT molecular complexity index is 1220. The Morgan fingerprint density at radius 1 is 0.971 bits per heavy atom. The van der Waals surface area contributed by atoms with Gasteiger partial charge < -0.3 is 24.1 Å². The van der Waals surface area contributed by atoms with E-state index in [4.69, 9.17) is 4.74 Å². The van der Waals surface area contributed by atoms with Crippen LogP contribution in [-0.4, -0.2) is 40.7 Å². The van der Waals surface area contributed by atoms with Gasteiger partial charge in [-0.1, -0.05) is 25.7 Å². The third-order valence-electron chi connectivity index (χ3n) is 7.59. The zero-order chi connectivity index (χ0) is 25.1. The van der Waals surface area contributed by atoms with Crippen LogP contribution in [0.5, 0.6) is 0 Å². The molecule has 2 heterocycles. The Balaban J connectivity index is 1.64. The fourth-order valence-corrected chi connectivity index (χ4v) is 5.43. The third kappa shape index (κ3) is 5.28. The van der Waals surface area contributed by atoms with Crippen molar-refractivity contribution in [2.24, 2.45) is 25.9 Å². The summed E-state index contributed by atoms with van der Waals surface area (Å²) in [5.41, 5.74) is 1.40. The molecule has 0 bridgehead atoms. The topological polar surface area (TPSA) is 103 Å². The number of carbonyl (C=O) groups excluding carboxylic acids is 2. The first-order chi connectivity index (χ1) is 16.8. The van der Waals surface area contributed by atoms with Crippen molar-refractivity contribution in [3.8, 4) is 0 Å². The maximum Gasteiger partial charge on any atom is 0.316 e. The second kappa shape index (κ2) is 10.7. The van der Waals surface area contributed by atoms with Gasteiger partial charge in [0.2, 0.25) is 5.91 Å². The minimum absolute atomic E-state index is 0.0475. The first-order valence-corrected chi connectivity index (χ1v) is 12.7. The van der Waals surface area contributed by atoms with Gasteiger partial charge in [-0.25, -0.2) is 0 Å². The minimum Gasteiger partial charge on any atom is -0.466 e. The lowest BCUT2D eigenvalue weighted by molar-refractivity contribution is -0.148. The van der Waals surface area contributed by atoms with Crippen molar-refractivity contribution < 1.29 is 14.3 Å². The normalized spacial score (nSPS) is 17.2. The Kier molecular flexibility index (Phi) is 7.62. The van der Waals surface area contributed by atoms with Gasteiger partial charge in [0.15, 0.2) is 0 Å². The summed E-state index contributed by atoms with van der Waals surface area (Å²) in [5.74, 6) is 0.271. The Morgan fingerprint density at radius 3 is 2.17 bits per heavy atom. The Hall–Kier alpha value is -3.10. The van der Waals surface area contributed by atoms with E-state index in [-0.39, 0.29) is 17.8 Å². The summed E-state index contributed by atoms with van der Waals surface area (Å²) in [6, 6.07) is 3.66. The first-order valence-electron chi connectivity index (χ1n) is 12.7. The molecule has 0 unspecified atom stereocenters. The zero-order valence-corrected chi connectivity index (χ0v) is 21.0. The van der Waals surface area contributed by atoms with Crippen LogP contribution in [0.15, 0.2) is 21.7 Å². The van der Waals surface area contributed by atoms with E-state index in [2.05, 4.69) is 10.2 Å². The molecule has 1 saturated carbocycles. The summed E-state index contributed by atoms with van der Waals surface area (Å²) >= 11 is 0. The molecule has 2 aromatic rings. The van der Waals surface area contributed by atoms with Crippen molar-refractivity contribution in [1.82, 2.24) is 9.13 Å². The average molecular weight is 485 g/mol. The number of hydrogen-bond acceptors (Lipinski definition) is 6. The smallest absolute Gasteiger partial charge is 0.316 e. The number of nitrogens with one attached hydrogen (secondary N) is 1. The molecule has 9 heteroatoms. The molecule has 0 radical (unpaired) electrons. The molecular weight excluding hydrogens is 448 g/mol. The van der Waals surface area contributed by atoms with Crippen molar-refractivity contribution in [3.05, 3.63) is 32.8 Å². The average Bonchev–Trinajstić information content (AvgIpc) is 3.39. The van der Waals surface area contributed by atoms with E-state index in [1.165, 1.54) is 34.8 Å². The van der Waals surface area contributed by atoms with Gasteiger partial charge >= 0.3 is 17.1 Å². The summed E-state index contributed by atoms with van der Waals surface area (Å²) in [5, 5.41) is 3.08. The molecule has 1 saturated heterocycles. The van der Waals surface area contributed by atoms with Gasteiger partial charge in [-0.3, -0.25) is 19.2 Å². The van der Waals surface area contributed by atoms with Crippen LogP contribution in [0, 0.1) is 11.8 Å². The Labute approximate surface area is 205 Å². The molecule has 2 fully saturated rings. The van der Waals surface area contributed by atoms with Crippen LogP contribution in [0.1, 0.15) is 58.3 Å². The standard InChI is InChI=1S/C26H36N4O5/c1-4-35-26(34)18-11-13-30(14-12-18)20-16-22-21(28(2)24(32)25(33)29(22)3)15-19(20)27-23(31)10-9-17-7-5-6-8-17/h15-18H,4-14H2,1-3H3,(H,27,31). The van der Waals surface area contributed by atoms with Crippen molar-refractivity contribution in [1.29, 1.82) is 0 Å². The molecule has 9 nitrogen and oxygen atoms in total. The van der Waals surface area contributed by atoms with E-state index >= 15 is 0 Å². The van der Waals surface area contributed by atoms with Crippen LogP contribution >= 0.6 is 0 Å². The van der Waals surface area contributed by atoms with Gasteiger partial charge in [0.25, 0.3) is 0 Å². The second-order valence-electron chi connectivity index (χ2n) is 9.84. The van der Waals surface area contributed by atoms with E-state index in [1.807, 2.05) is 6.07 Å². The fraction of sp³-hybridized carbons (Fsp3) is 0.615. The maximum absolute atomic E-state index is 12.9. The van der Waals surface area contributed by atoms with Crippen molar-refractivity contribution in [2.45, 2.75) is 58.3 Å². The van der Waals surface area contributed by atoms with Crippen molar-refractivity contribution in [3.63, 3.8) is 0 Å². The van der Waals surface area contributed by atoms with Gasteiger partial charge in [0.1, 0.15) is 0 Å². The zero-order valence-electron chi connectivity index (χ0n) is 21.0. The molecular formula is C26H36N4O5. The molecule has 0 atom stereocenters. The molecule has 0 spiro atoms. The number of benzene rings is 1. The SMILES string of the molecule is CCOC(=O)C1CCN(c2cc3c(cc2NC(=O)CCC2CCCC2)n(C)c(=O)c(=O)n3C)CC1. The number of esters is 1. The van der Waals surface area contributed by atoms with Crippen LogP contribution in [0.4, 0.5) is 11.4 Å². The summed E-state index contributed by atoms with van der Waals surface area (Å²) in [6.07, 6.45) is 7.52. The predicted molar refractivity (Wildman–Crippen MR) is 136 cm³/mol. The summed E-state index contributed by atoms with van der Waals surface area (Å²) in [6.45, 7) is 3.42. The third-order valence-corrected chi connectivity index (χ3v) is 7.59. The first kappa shape index (κ1) is 25.0. The number of amides is 1. The van der Waals surface area contributed by atoms with E-state index in [0.29, 0.717) is 61.6 Å². The molecule has 1 N–H and O–H groups in total. The summed E-state index contributed by atoms with van der Waals surface area (Å²) in [4.78, 5) is 52.1. The number of anilines is 2. The van der Waals surface area contributed by atoms with Crippen LogP contribution in [0.2, 0.25) is 0 Å². The molecule has 1 aromatic carbocycles. The fourth-order valence-electron chi connectivity index (χ4n) is 5.43. The largest absolute Gasteiger partial charge is 0.466 e. The van der Waals surface area contributed by atoms with Gasteiger partial charge in [-0.05, 0) is 44.2 Å². The maximum atomic E-state index is 12.9. The number of ether oxygens (including phenoxy) is 1. The molecule has 1 aromatic heterocycles. The van der Waals surface area contributed by atoms with Gasteiger partial charge in [-0.2, -0.15) is 0 Å². The summed E-state index contributed by atoms with van der Waals surface area (Å²) in [7, 11) is 3.16. The molecule has 190 valence electrons. The lowest BCUT2D eigenvalue weighted by atomic mass is 9.96. The minimum atomic E-state index is -0.610. The van der Waals surface area contributed by atoms with E-state index < -0.39 is 11.1 Å². The van der Waals surface area contributed by atoms with E-state index in [9.17, 15) is 19.2 Å². The number of piperidine rings is 1. The molecule has 1 amide bonds. The Morgan fingerprint density at radius 2 is 1.57 bits per heavy atom. The van der Waals surface area contributed by atoms with Crippen LogP contribution < -0.4 is 21.3 Å². The van der Waals surface area contributed by atoms with Gasteiger partial charge in [-0.15, -0.1) is 0 Å². The summed E-state index contributed by atoms with van der Waals surface area (Å²) < 4.78 is 7.89. The molecule has 1 aliphatic carbocycles. The monoisotopic (exact) mass is 484 g/mol. The number of rotatable bonds is 7. The lowest BCUT2D eigenvalue weighted by Gasteiger charge is -2.34. The van der Waals surface area contributed by atoms with E-state index in [1.54, 1.807) is 27.1 Å². The molecule has 2 aliphatic rings. The van der Waals surface area contributed by atoms with Crippen molar-refractivity contribution >= 4 is 34.3 Å². The van der Waals surface area contributed by atoms with E-state index in [0.717, 1.165) is 12.1 Å². The number of nitrogens with zero attached hydrogens (tertiary/aromatic N) is 3. The van der Waals surface area contributed by atoms with Crippen molar-refractivity contribution in [2.75, 3.05) is 29.9 Å². The highest BCUT2D eigenvalue weighted by atomic mass is 16.5. The highest BCUT2D eigenvalue weighted by Gasteiger charge is 2.28. The van der Waals surface area contributed by atoms with Gasteiger partial charge in [0, 0.05) is 33.6 Å². The predicted octanol–water partition coefficient (Wildman–Crippen LogP) is 2.93.